The molecule has 1 N–H and O–H groups in total. The van der Waals surface area contributed by atoms with E-state index in [-0.39, 0.29) is 5.91 Å². The smallest absolute Gasteiger partial charge is 0.222 e. The summed E-state index contributed by atoms with van der Waals surface area (Å²) in [4.78, 5) is 11.8. The predicted molar refractivity (Wildman–Crippen MR) is 71.8 cm³/mol. The SMILES string of the molecule is CSCCC(=O)NC1(C#N)CCCCCCC1. The maximum atomic E-state index is 11.8. The van der Waals surface area contributed by atoms with Gasteiger partial charge in [-0.3, -0.25) is 4.79 Å². The Balaban J connectivity index is 2.53. The van der Waals surface area contributed by atoms with E-state index in [1.54, 1.807) is 11.8 Å². The Morgan fingerprint density at radius 3 is 2.41 bits per heavy atom. The summed E-state index contributed by atoms with van der Waals surface area (Å²) in [6.07, 6.45) is 9.87. The topological polar surface area (TPSA) is 52.9 Å². The first kappa shape index (κ1) is 14.4. The highest BCUT2D eigenvalue weighted by molar-refractivity contribution is 7.98. The summed E-state index contributed by atoms with van der Waals surface area (Å²) >= 11 is 1.66. The van der Waals surface area contributed by atoms with Crippen molar-refractivity contribution in [2.24, 2.45) is 0 Å². The minimum atomic E-state index is -0.587. The largest absolute Gasteiger partial charge is 0.338 e. The summed E-state index contributed by atoms with van der Waals surface area (Å²) in [5.74, 6) is 0.856. The number of nitrogens with one attached hydrogen (secondary N) is 1. The fraction of sp³-hybridized carbons (Fsp3) is 0.846. The molecule has 1 saturated carbocycles. The molecule has 0 atom stereocenters. The Morgan fingerprint density at radius 2 is 1.88 bits per heavy atom. The quantitative estimate of drug-likeness (QED) is 0.839. The minimum absolute atomic E-state index is 0.0291. The van der Waals surface area contributed by atoms with E-state index in [0.29, 0.717) is 6.42 Å². The molecule has 1 aliphatic carbocycles. The van der Waals surface area contributed by atoms with Gasteiger partial charge in [-0.1, -0.05) is 32.1 Å². The van der Waals surface area contributed by atoms with Crippen LogP contribution in [0.1, 0.15) is 51.4 Å². The van der Waals surface area contributed by atoms with E-state index in [2.05, 4.69) is 11.4 Å². The van der Waals surface area contributed by atoms with Crippen molar-refractivity contribution in [2.45, 2.75) is 56.9 Å². The molecular formula is C13H22N2OS. The molecule has 0 bridgehead atoms. The summed E-state index contributed by atoms with van der Waals surface area (Å²) in [5, 5.41) is 12.3. The van der Waals surface area contributed by atoms with Crippen LogP contribution in [0.15, 0.2) is 0 Å². The van der Waals surface area contributed by atoms with E-state index in [4.69, 9.17) is 0 Å². The first-order valence-electron chi connectivity index (χ1n) is 6.44. The number of rotatable bonds is 4. The van der Waals surface area contributed by atoms with Gasteiger partial charge in [-0.25, -0.2) is 0 Å². The molecule has 0 aromatic carbocycles. The van der Waals surface area contributed by atoms with Crippen molar-refractivity contribution in [1.29, 1.82) is 5.26 Å². The summed E-state index contributed by atoms with van der Waals surface area (Å²) in [7, 11) is 0. The molecule has 3 nitrogen and oxygen atoms in total. The maximum Gasteiger partial charge on any atom is 0.222 e. The Kier molecular flexibility index (Phi) is 6.43. The van der Waals surface area contributed by atoms with Crippen LogP contribution in [0.25, 0.3) is 0 Å². The molecule has 0 unspecified atom stereocenters. The minimum Gasteiger partial charge on any atom is -0.338 e. The molecular weight excluding hydrogens is 232 g/mol. The van der Waals surface area contributed by atoms with Gasteiger partial charge >= 0.3 is 0 Å². The molecule has 1 fully saturated rings. The fourth-order valence-corrected chi connectivity index (χ4v) is 2.69. The Morgan fingerprint density at radius 1 is 1.29 bits per heavy atom. The summed E-state index contributed by atoms with van der Waals surface area (Å²) in [6, 6.07) is 2.35. The second kappa shape index (κ2) is 7.60. The summed E-state index contributed by atoms with van der Waals surface area (Å²) in [6.45, 7) is 0. The fourth-order valence-electron chi connectivity index (χ4n) is 2.30. The highest BCUT2D eigenvalue weighted by Gasteiger charge is 2.31. The van der Waals surface area contributed by atoms with Crippen LogP contribution in [0.2, 0.25) is 0 Å². The lowest BCUT2D eigenvalue weighted by molar-refractivity contribution is -0.122. The molecule has 0 aromatic rings. The third-order valence-electron chi connectivity index (χ3n) is 3.33. The lowest BCUT2D eigenvalue weighted by Gasteiger charge is -2.29. The molecule has 0 heterocycles. The van der Waals surface area contributed by atoms with Crippen LogP contribution < -0.4 is 5.32 Å². The van der Waals surface area contributed by atoms with Crippen LogP contribution in [0, 0.1) is 11.3 Å². The lowest BCUT2D eigenvalue weighted by atomic mass is 9.85. The molecule has 0 radical (unpaired) electrons. The zero-order valence-electron chi connectivity index (χ0n) is 10.6. The maximum absolute atomic E-state index is 11.8. The van der Waals surface area contributed by atoms with Gasteiger partial charge in [0.2, 0.25) is 5.91 Å². The number of nitriles is 1. The summed E-state index contributed by atoms with van der Waals surface area (Å²) in [5.41, 5.74) is -0.587. The summed E-state index contributed by atoms with van der Waals surface area (Å²) < 4.78 is 0. The molecule has 0 saturated heterocycles. The van der Waals surface area contributed by atoms with Crippen molar-refractivity contribution >= 4 is 17.7 Å². The van der Waals surface area contributed by atoms with Crippen LogP contribution in [-0.4, -0.2) is 23.5 Å². The van der Waals surface area contributed by atoms with E-state index >= 15 is 0 Å². The van der Waals surface area contributed by atoms with Crippen LogP contribution in [0.5, 0.6) is 0 Å². The number of carbonyl (C=O) groups excluding carboxylic acids is 1. The highest BCUT2D eigenvalue weighted by Crippen LogP contribution is 2.26. The van der Waals surface area contributed by atoms with Gasteiger partial charge in [0.05, 0.1) is 6.07 Å². The number of carbonyl (C=O) groups is 1. The molecule has 1 amide bonds. The average Bonchev–Trinajstić information content (AvgIpc) is 2.30. The van der Waals surface area contributed by atoms with E-state index in [1.165, 1.54) is 19.3 Å². The van der Waals surface area contributed by atoms with Gasteiger partial charge in [-0.15, -0.1) is 0 Å². The third-order valence-corrected chi connectivity index (χ3v) is 3.95. The molecule has 1 aliphatic rings. The Bertz CT molecular complexity index is 278. The third kappa shape index (κ3) is 4.99. The van der Waals surface area contributed by atoms with Crippen LogP contribution >= 0.6 is 11.8 Å². The monoisotopic (exact) mass is 254 g/mol. The second-order valence-electron chi connectivity index (χ2n) is 4.75. The van der Waals surface area contributed by atoms with Crippen molar-refractivity contribution in [3.8, 4) is 6.07 Å². The molecule has 0 aliphatic heterocycles. The Hall–Kier alpha value is -0.690. The van der Waals surface area contributed by atoms with Crippen LogP contribution in [0.3, 0.4) is 0 Å². The van der Waals surface area contributed by atoms with E-state index in [1.807, 2.05) is 6.26 Å². The number of thioether (sulfide) groups is 1. The van der Waals surface area contributed by atoms with Crippen molar-refractivity contribution in [2.75, 3.05) is 12.0 Å². The molecule has 0 aromatic heterocycles. The number of nitrogens with zero attached hydrogens (tertiary/aromatic N) is 1. The number of hydrogen-bond donors (Lipinski definition) is 1. The van der Waals surface area contributed by atoms with Crippen molar-refractivity contribution < 1.29 is 4.79 Å². The van der Waals surface area contributed by atoms with E-state index < -0.39 is 5.54 Å². The van der Waals surface area contributed by atoms with Gasteiger partial charge in [0, 0.05) is 12.2 Å². The van der Waals surface area contributed by atoms with Gasteiger partial charge in [-0.05, 0) is 19.1 Å². The van der Waals surface area contributed by atoms with Gasteiger partial charge in [0.25, 0.3) is 0 Å². The van der Waals surface area contributed by atoms with Gasteiger partial charge in [0.1, 0.15) is 5.54 Å². The van der Waals surface area contributed by atoms with Crippen molar-refractivity contribution in [3.63, 3.8) is 0 Å². The lowest BCUT2D eigenvalue weighted by Crippen LogP contribution is -2.47. The molecule has 17 heavy (non-hydrogen) atoms. The van der Waals surface area contributed by atoms with Crippen LogP contribution in [-0.2, 0) is 4.79 Å². The molecule has 1 rings (SSSR count). The normalized spacial score (nSPS) is 19.8. The molecule has 96 valence electrons. The highest BCUT2D eigenvalue weighted by atomic mass is 32.2. The van der Waals surface area contributed by atoms with Crippen molar-refractivity contribution in [3.05, 3.63) is 0 Å². The van der Waals surface area contributed by atoms with E-state index in [0.717, 1.165) is 31.4 Å². The zero-order chi connectivity index (χ0) is 12.6. The average molecular weight is 254 g/mol. The molecule has 0 spiro atoms. The zero-order valence-corrected chi connectivity index (χ0v) is 11.4. The van der Waals surface area contributed by atoms with E-state index in [9.17, 15) is 10.1 Å². The van der Waals surface area contributed by atoms with Gasteiger partial charge < -0.3 is 5.32 Å². The Labute approximate surface area is 108 Å². The van der Waals surface area contributed by atoms with Crippen LogP contribution in [0.4, 0.5) is 0 Å². The molecule has 4 heteroatoms. The first-order valence-corrected chi connectivity index (χ1v) is 7.83. The first-order chi connectivity index (χ1) is 8.22. The van der Waals surface area contributed by atoms with Gasteiger partial charge in [-0.2, -0.15) is 17.0 Å². The second-order valence-corrected chi connectivity index (χ2v) is 5.74. The standard InChI is InChI=1S/C13H22N2OS/c1-17-10-7-12(16)15-13(11-14)8-5-3-2-4-6-9-13/h2-10H2,1H3,(H,15,16). The number of amides is 1. The van der Waals surface area contributed by atoms with Crippen molar-refractivity contribution in [1.82, 2.24) is 5.32 Å². The van der Waals surface area contributed by atoms with Gasteiger partial charge in [0.15, 0.2) is 0 Å². The number of hydrogen-bond acceptors (Lipinski definition) is 3. The predicted octanol–water partition coefficient (Wildman–Crippen LogP) is 2.86.